The number of rotatable bonds is 4. The van der Waals surface area contributed by atoms with Crippen LogP contribution in [0, 0.1) is 11.7 Å². The van der Waals surface area contributed by atoms with Gasteiger partial charge in [0.1, 0.15) is 5.82 Å². The first-order valence-electron chi connectivity index (χ1n) is 10.5. The van der Waals surface area contributed by atoms with Crippen LogP contribution in [0.1, 0.15) is 18.4 Å². The molecule has 0 radical (unpaired) electrons. The minimum atomic E-state index is -0.207. The van der Waals surface area contributed by atoms with Crippen molar-refractivity contribution in [2.24, 2.45) is 5.92 Å². The maximum atomic E-state index is 14.0. The van der Waals surface area contributed by atoms with E-state index in [4.69, 9.17) is 23.2 Å². The monoisotopic (exact) mass is 449 g/mol. The molecule has 0 aromatic heterocycles. The summed E-state index contributed by atoms with van der Waals surface area (Å²) in [6, 6.07) is 12.4. The molecule has 2 saturated heterocycles. The highest BCUT2D eigenvalue weighted by Gasteiger charge is 2.31. The standard InChI is InChI=1S/C23H26Cl2FN3O/c24-19-8-7-17(20(25)14-19)15-27-9-3-4-18(16-27)23(30)29-12-10-28(11-13-29)22-6-2-1-5-21(22)26/h1-2,5-8,14,18H,3-4,9-13,15-16H2/t18-/m0/s1. The predicted octanol–water partition coefficient (Wildman–Crippen LogP) is 4.69. The van der Waals surface area contributed by atoms with E-state index in [0.29, 0.717) is 41.9 Å². The van der Waals surface area contributed by atoms with Gasteiger partial charge in [0.05, 0.1) is 11.6 Å². The van der Waals surface area contributed by atoms with Crippen molar-refractivity contribution in [3.05, 3.63) is 63.9 Å². The largest absolute Gasteiger partial charge is 0.366 e. The van der Waals surface area contributed by atoms with Crippen LogP contribution in [0.2, 0.25) is 10.0 Å². The van der Waals surface area contributed by atoms with Crippen LogP contribution in [0.15, 0.2) is 42.5 Å². The highest BCUT2D eigenvalue weighted by molar-refractivity contribution is 6.35. The van der Waals surface area contributed by atoms with Gasteiger partial charge >= 0.3 is 0 Å². The summed E-state index contributed by atoms with van der Waals surface area (Å²) in [5.41, 5.74) is 1.65. The normalized spacial score (nSPS) is 20.4. The van der Waals surface area contributed by atoms with E-state index in [2.05, 4.69) is 4.90 Å². The number of piperidine rings is 1. The molecule has 4 rings (SSSR count). The fourth-order valence-electron chi connectivity index (χ4n) is 4.43. The van der Waals surface area contributed by atoms with Gasteiger partial charge in [-0.3, -0.25) is 9.69 Å². The van der Waals surface area contributed by atoms with E-state index in [9.17, 15) is 9.18 Å². The lowest BCUT2D eigenvalue weighted by atomic mass is 9.95. The minimum Gasteiger partial charge on any atom is -0.366 e. The van der Waals surface area contributed by atoms with Crippen LogP contribution in [-0.4, -0.2) is 55.0 Å². The molecule has 0 N–H and O–H groups in total. The fourth-order valence-corrected chi connectivity index (χ4v) is 4.89. The lowest BCUT2D eigenvalue weighted by Crippen LogP contribution is -2.52. The molecule has 0 spiro atoms. The lowest BCUT2D eigenvalue weighted by Gasteiger charge is -2.39. The molecule has 1 atom stereocenters. The van der Waals surface area contributed by atoms with E-state index >= 15 is 0 Å². The zero-order valence-corrected chi connectivity index (χ0v) is 18.4. The number of amides is 1. The Hall–Kier alpha value is -1.82. The summed E-state index contributed by atoms with van der Waals surface area (Å²) in [7, 11) is 0. The van der Waals surface area contributed by atoms with Crippen LogP contribution in [0.5, 0.6) is 0 Å². The van der Waals surface area contributed by atoms with E-state index < -0.39 is 0 Å². The zero-order valence-electron chi connectivity index (χ0n) is 16.9. The molecule has 2 aromatic rings. The summed E-state index contributed by atoms with van der Waals surface area (Å²) in [6.07, 6.45) is 1.91. The molecule has 1 amide bonds. The third-order valence-corrected chi connectivity index (χ3v) is 6.64. The summed E-state index contributed by atoms with van der Waals surface area (Å²) >= 11 is 12.3. The number of carbonyl (C=O) groups excluding carboxylic acids is 1. The number of likely N-dealkylation sites (tertiary alicyclic amines) is 1. The second kappa shape index (κ2) is 9.54. The predicted molar refractivity (Wildman–Crippen MR) is 120 cm³/mol. The van der Waals surface area contributed by atoms with Crippen molar-refractivity contribution in [3.63, 3.8) is 0 Å². The number of halogens is 3. The third-order valence-electron chi connectivity index (χ3n) is 6.05. The Morgan fingerprint density at radius 2 is 1.80 bits per heavy atom. The van der Waals surface area contributed by atoms with Crippen LogP contribution < -0.4 is 4.90 Å². The molecule has 2 aliphatic rings. The van der Waals surface area contributed by atoms with Crippen molar-refractivity contribution >= 4 is 34.8 Å². The summed E-state index contributed by atoms with van der Waals surface area (Å²) in [5, 5.41) is 1.30. The maximum Gasteiger partial charge on any atom is 0.227 e. The molecular formula is C23H26Cl2FN3O. The van der Waals surface area contributed by atoms with Crippen molar-refractivity contribution in [2.75, 3.05) is 44.2 Å². The molecule has 2 heterocycles. The molecule has 7 heteroatoms. The average molecular weight is 450 g/mol. The Bertz CT molecular complexity index is 902. The fraction of sp³-hybridized carbons (Fsp3) is 0.435. The molecule has 2 fully saturated rings. The number of anilines is 1. The van der Waals surface area contributed by atoms with Crippen molar-refractivity contribution < 1.29 is 9.18 Å². The van der Waals surface area contributed by atoms with Crippen LogP contribution in [0.25, 0.3) is 0 Å². The minimum absolute atomic E-state index is 0.00448. The second-order valence-corrected chi connectivity index (χ2v) is 8.92. The van der Waals surface area contributed by atoms with Crippen molar-refractivity contribution in [3.8, 4) is 0 Å². The SMILES string of the molecule is O=C([C@H]1CCCN(Cc2ccc(Cl)cc2Cl)C1)N1CCN(c2ccccc2F)CC1. The van der Waals surface area contributed by atoms with Gasteiger partial charge in [0.25, 0.3) is 0 Å². The molecule has 0 saturated carbocycles. The number of hydrogen-bond donors (Lipinski definition) is 0. The third kappa shape index (κ3) is 4.90. The first-order valence-corrected chi connectivity index (χ1v) is 11.2. The van der Waals surface area contributed by atoms with Crippen molar-refractivity contribution in [2.45, 2.75) is 19.4 Å². The molecule has 2 aliphatic heterocycles. The summed E-state index contributed by atoms with van der Waals surface area (Å²) < 4.78 is 14.0. The lowest BCUT2D eigenvalue weighted by molar-refractivity contribution is -0.137. The van der Waals surface area contributed by atoms with Gasteiger partial charge in [-0.1, -0.05) is 41.4 Å². The van der Waals surface area contributed by atoms with Crippen LogP contribution in [0.4, 0.5) is 10.1 Å². The van der Waals surface area contributed by atoms with Crippen LogP contribution in [0.3, 0.4) is 0 Å². The Balaban J connectivity index is 1.33. The van der Waals surface area contributed by atoms with E-state index in [0.717, 1.165) is 38.0 Å². The second-order valence-electron chi connectivity index (χ2n) is 8.07. The van der Waals surface area contributed by atoms with Gasteiger partial charge in [-0.05, 0) is 49.2 Å². The van der Waals surface area contributed by atoms with E-state index in [1.807, 2.05) is 28.0 Å². The number of nitrogens with zero attached hydrogens (tertiary/aromatic N) is 3. The Morgan fingerprint density at radius 1 is 1.03 bits per heavy atom. The molecule has 30 heavy (non-hydrogen) atoms. The van der Waals surface area contributed by atoms with E-state index in [-0.39, 0.29) is 17.6 Å². The van der Waals surface area contributed by atoms with Gasteiger partial charge in [0.15, 0.2) is 0 Å². The number of para-hydroxylation sites is 1. The van der Waals surface area contributed by atoms with E-state index in [1.165, 1.54) is 6.07 Å². The number of hydrogen-bond acceptors (Lipinski definition) is 3. The highest BCUT2D eigenvalue weighted by Crippen LogP contribution is 2.26. The van der Waals surface area contributed by atoms with Crippen LogP contribution >= 0.6 is 23.2 Å². The topological polar surface area (TPSA) is 26.8 Å². The molecule has 160 valence electrons. The van der Waals surface area contributed by atoms with Gasteiger partial charge in [-0.25, -0.2) is 4.39 Å². The molecule has 0 unspecified atom stereocenters. The summed E-state index contributed by atoms with van der Waals surface area (Å²) in [4.78, 5) is 19.4. The van der Waals surface area contributed by atoms with Gasteiger partial charge in [0, 0.05) is 49.3 Å². The number of carbonyl (C=O) groups is 1. The molecule has 4 nitrogen and oxygen atoms in total. The van der Waals surface area contributed by atoms with Gasteiger partial charge in [-0.2, -0.15) is 0 Å². The molecule has 0 bridgehead atoms. The summed E-state index contributed by atoms with van der Waals surface area (Å²) in [6.45, 7) is 5.00. The highest BCUT2D eigenvalue weighted by atomic mass is 35.5. The Labute approximate surface area is 187 Å². The Morgan fingerprint density at radius 3 is 2.53 bits per heavy atom. The van der Waals surface area contributed by atoms with Crippen LogP contribution in [-0.2, 0) is 11.3 Å². The zero-order chi connectivity index (χ0) is 21.1. The average Bonchev–Trinajstić information content (AvgIpc) is 2.76. The van der Waals surface area contributed by atoms with Gasteiger partial charge in [-0.15, -0.1) is 0 Å². The van der Waals surface area contributed by atoms with Crippen molar-refractivity contribution in [1.82, 2.24) is 9.80 Å². The quantitative estimate of drug-likeness (QED) is 0.676. The van der Waals surface area contributed by atoms with Crippen molar-refractivity contribution in [1.29, 1.82) is 0 Å². The van der Waals surface area contributed by atoms with Gasteiger partial charge in [0.2, 0.25) is 5.91 Å². The number of piperazine rings is 1. The summed E-state index contributed by atoms with van der Waals surface area (Å²) in [5.74, 6) is 0.0148. The smallest absolute Gasteiger partial charge is 0.227 e. The van der Waals surface area contributed by atoms with Gasteiger partial charge < -0.3 is 9.80 Å². The molecule has 0 aliphatic carbocycles. The van der Waals surface area contributed by atoms with E-state index in [1.54, 1.807) is 18.2 Å². The number of benzene rings is 2. The maximum absolute atomic E-state index is 14.0. The first kappa shape index (κ1) is 21.4. The molecular weight excluding hydrogens is 424 g/mol. The first-order chi connectivity index (χ1) is 14.5. The molecule has 2 aromatic carbocycles. The Kier molecular flexibility index (Phi) is 6.81.